The maximum absolute atomic E-state index is 12.8. The van der Waals surface area contributed by atoms with Crippen LogP contribution >= 0.6 is 0 Å². The number of nitrogens with zero attached hydrogens (tertiary/aromatic N) is 2. The third kappa shape index (κ3) is 4.74. The summed E-state index contributed by atoms with van der Waals surface area (Å²) in [5.74, 6) is -0.153. The molecule has 0 spiro atoms. The highest BCUT2D eigenvalue weighted by atomic mass is 32.2. The Hall–Kier alpha value is -2.22. The second-order valence-corrected chi connectivity index (χ2v) is 10.2. The van der Waals surface area contributed by atoms with Gasteiger partial charge in [0, 0.05) is 31.7 Å². The van der Waals surface area contributed by atoms with Gasteiger partial charge in [-0.3, -0.25) is 4.79 Å². The van der Waals surface area contributed by atoms with Crippen molar-refractivity contribution >= 4 is 15.9 Å². The average Bonchev–Trinajstić information content (AvgIpc) is 2.74. The van der Waals surface area contributed by atoms with Gasteiger partial charge in [-0.25, -0.2) is 8.42 Å². The summed E-state index contributed by atoms with van der Waals surface area (Å²) in [6.45, 7) is 2.57. The fourth-order valence-electron chi connectivity index (χ4n) is 4.27. The maximum Gasteiger partial charge on any atom is 0.251 e. The van der Waals surface area contributed by atoms with Gasteiger partial charge >= 0.3 is 0 Å². The Bertz CT molecular complexity index is 997. The molecule has 1 fully saturated rings. The van der Waals surface area contributed by atoms with Crippen LogP contribution in [0.1, 0.15) is 45.9 Å². The topological polar surface area (TPSA) is 69.7 Å². The number of hydrogen-bond donors (Lipinski definition) is 1. The summed E-state index contributed by atoms with van der Waals surface area (Å²) in [6, 6.07) is 15.2. The van der Waals surface area contributed by atoms with Crippen LogP contribution in [-0.4, -0.2) is 56.8 Å². The molecular weight excluding hydrogens is 398 g/mol. The molecule has 1 aliphatic heterocycles. The number of hydrogen-bond acceptors (Lipinski definition) is 4. The van der Waals surface area contributed by atoms with Crippen molar-refractivity contribution in [3.05, 3.63) is 70.8 Å². The minimum atomic E-state index is -3.34. The van der Waals surface area contributed by atoms with Gasteiger partial charge in [0.1, 0.15) is 0 Å². The van der Waals surface area contributed by atoms with Crippen molar-refractivity contribution in [3.8, 4) is 0 Å². The normalized spacial score (nSPS) is 20.5. The monoisotopic (exact) mass is 427 g/mol. The van der Waals surface area contributed by atoms with Crippen molar-refractivity contribution in [3.63, 3.8) is 0 Å². The molecule has 1 N–H and O–H groups in total. The van der Waals surface area contributed by atoms with E-state index < -0.39 is 10.0 Å². The number of amides is 1. The van der Waals surface area contributed by atoms with E-state index >= 15 is 0 Å². The Balaban J connectivity index is 1.39. The molecule has 160 valence electrons. The first-order chi connectivity index (χ1) is 14.4. The number of sulfonamides is 1. The van der Waals surface area contributed by atoms with Gasteiger partial charge in [-0.2, -0.15) is 4.31 Å². The summed E-state index contributed by atoms with van der Waals surface area (Å²) in [6.07, 6.45) is 3.05. The first kappa shape index (κ1) is 21.0. The smallest absolute Gasteiger partial charge is 0.251 e. The predicted octanol–water partition coefficient (Wildman–Crippen LogP) is 2.57. The van der Waals surface area contributed by atoms with E-state index in [1.54, 1.807) is 28.6 Å². The standard InChI is InChI=1S/C23H29N3O3S/c1-25-13-15-26(16-14-25)30(28,29)17-18-9-11-20(12-10-18)23(27)24-22-8-4-6-19-5-2-3-7-21(19)22/h2-3,5,7,9-12,22H,4,6,8,13-17H2,1H3,(H,24,27)/t22-/m1/s1. The van der Waals surface area contributed by atoms with Crippen molar-refractivity contribution in [2.24, 2.45) is 0 Å². The maximum atomic E-state index is 12.8. The molecule has 0 aromatic heterocycles. The molecule has 1 aliphatic carbocycles. The van der Waals surface area contributed by atoms with Crippen LogP contribution in [0.5, 0.6) is 0 Å². The highest BCUT2D eigenvalue weighted by Crippen LogP contribution is 2.29. The molecular formula is C23H29N3O3S. The lowest BCUT2D eigenvalue weighted by molar-refractivity contribution is 0.0932. The fraction of sp³-hybridized carbons (Fsp3) is 0.435. The summed E-state index contributed by atoms with van der Waals surface area (Å²) in [5.41, 5.74) is 3.76. The summed E-state index contributed by atoms with van der Waals surface area (Å²) >= 11 is 0. The molecule has 2 aromatic rings. The fourth-order valence-corrected chi connectivity index (χ4v) is 5.78. The number of rotatable bonds is 5. The van der Waals surface area contributed by atoms with Gasteiger partial charge in [0.15, 0.2) is 0 Å². The van der Waals surface area contributed by atoms with Crippen molar-refractivity contribution in [2.75, 3.05) is 33.2 Å². The van der Waals surface area contributed by atoms with Gasteiger partial charge in [-0.1, -0.05) is 36.4 Å². The van der Waals surface area contributed by atoms with Crippen molar-refractivity contribution in [1.82, 2.24) is 14.5 Å². The van der Waals surface area contributed by atoms with E-state index in [1.165, 1.54) is 11.1 Å². The van der Waals surface area contributed by atoms with Crippen LogP contribution in [0.25, 0.3) is 0 Å². The number of carbonyl (C=O) groups excluding carboxylic acids is 1. The first-order valence-corrected chi connectivity index (χ1v) is 12.2. The summed E-state index contributed by atoms with van der Waals surface area (Å²) in [4.78, 5) is 14.9. The highest BCUT2D eigenvalue weighted by Gasteiger charge is 2.26. The molecule has 4 rings (SSSR count). The number of nitrogens with one attached hydrogen (secondary N) is 1. The third-order valence-corrected chi connectivity index (χ3v) is 7.95. The molecule has 1 atom stereocenters. The van der Waals surface area contributed by atoms with Gasteiger partial charge in [0.25, 0.3) is 5.91 Å². The highest BCUT2D eigenvalue weighted by molar-refractivity contribution is 7.88. The van der Waals surface area contributed by atoms with Gasteiger partial charge in [-0.05, 0) is 55.1 Å². The number of likely N-dealkylation sites (N-methyl/N-ethyl adjacent to an activating group) is 1. The predicted molar refractivity (Wildman–Crippen MR) is 118 cm³/mol. The Morgan fingerprint density at radius 1 is 1.03 bits per heavy atom. The Kier molecular flexibility index (Phi) is 6.22. The first-order valence-electron chi connectivity index (χ1n) is 10.6. The number of aryl methyl sites for hydroxylation is 1. The van der Waals surface area contributed by atoms with Crippen LogP contribution in [0.4, 0.5) is 0 Å². The molecule has 0 radical (unpaired) electrons. The van der Waals surface area contributed by atoms with E-state index in [-0.39, 0.29) is 17.7 Å². The minimum Gasteiger partial charge on any atom is -0.345 e. The molecule has 0 saturated carbocycles. The molecule has 2 aliphatic rings. The van der Waals surface area contributed by atoms with E-state index in [4.69, 9.17) is 0 Å². The molecule has 0 unspecified atom stereocenters. The van der Waals surface area contributed by atoms with Crippen LogP contribution < -0.4 is 5.32 Å². The van der Waals surface area contributed by atoms with Crippen LogP contribution in [-0.2, 0) is 22.2 Å². The van der Waals surface area contributed by atoms with Gasteiger partial charge < -0.3 is 10.2 Å². The molecule has 7 heteroatoms. The Morgan fingerprint density at radius 2 is 1.73 bits per heavy atom. The average molecular weight is 428 g/mol. The van der Waals surface area contributed by atoms with Gasteiger partial charge in [0.2, 0.25) is 10.0 Å². The van der Waals surface area contributed by atoms with E-state index in [0.29, 0.717) is 24.2 Å². The zero-order chi connectivity index (χ0) is 21.1. The molecule has 6 nitrogen and oxygen atoms in total. The lowest BCUT2D eigenvalue weighted by Gasteiger charge is -2.31. The van der Waals surface area contributed by atoms with Crippen LogP contribution in [0.15, 0.2) is 48.5 Å². The zero-order valence-electron chi connectivity index (χ0n) is 17.4. The SMILES string of the molecule is CN1CCN(S(=O)(=O)Cc2ccc(C(=O)N[C@@H]3CCCc4ccccc43)cc2)CC1. The third-order valence-electron chi connectivity index (χ3n) is 6.10. The lowest BCUT2D eigenvalue weighted by Crippen LogP contribution is -2.47. The minimum absolute atomic E-state index is 0.0275. The van der Waals surface area contributed by atoms with Crippen molar-refractivity contribution in [2.45, 2.75) is 31.1 Å². The molecule has 2 aromatic carbocycles. The summed E-state index contributed by atoms with van der Waals surface area (Å²) in [7, 11) is -1.34. The summed E-state index contributed by atoms with van der Waals surface area (Å²) in [5, 5.41) is 3.14. The molecule has 30 heavy (non-hydrogen) atoms. The summed E-state index contributed by atoms with van der Waals surface area (Å²) < 4.78 is 26.9. The molecule has 1 amide bonds. The van der Waals surface area contributed by atoms with E-state index in [9.17, 15) is 13.2 Å². The molecule has 0 bridgehead atoms. The van der Waals surface area contributed by atoms with Gasteiger partial charge in [-0.15, -0.1) is 0 Å². The van der Waals surface area contributed by atoms with Gasteiger partial charge in [0.05, 0.1) is 11.8 Å². The van der Waals surface area contributed by atoms with Crippen molar-refractivity contribution < 1.29 is 13.2 Å². The number of piperazine rings is 1. The molecule has 1 saturated heterocycles. The Morgan fingerprint density at radius 3 is 2.47 bits per heavy atom. The zero-order valence-corrected chi connectivity index (χ0v) is 18.2. The van der Waals surface area contributed by atoms with E-state index in [0.717, 1.165) is 32.4 Å². The lowest BCUT2D eigenvalue weighted by atomic mass is 9.87. The van der Waals surface area contributed by atoms with Crippen molar-refractivity contribution in [1.29, 1.82) is 0 Å². The van der Waals surface area contributed by atoms with E-state index in [2.05, 4.69) is 22.3 Å². The van der Waals surface area contributed by atoms with Crippen LogP contribution in [0, 0.1) is 0 Å². The second kappa shape index (κ2) is 8.88. The van der Waals surface area contributed by atoms with E-state index in [1.807, 2.05) is 19.2 Å². The van der Waals surface area contributed by atoms with Crippen LogP contribution in [0.3, 0.4) is 0 Å². The largest absolute Gasteiger partial charge is 0.345 e. The number of benzene rings is 2. The Labute approximate surface area is 178 Å². The number of carbonyl (C=O) groups is 1. The number of fused-ring (bicyclic) bond motifs is 1. The second-order valence-electron chi connectivity index (χ2n) is 8.27. The molecule has 1 heterocycles. The quantitative estimate of drug-likeness (QED) is 0.796. The van der Waals surface area contributed by atoms with Crippen LogP contribution in [0.2, 0.25) is 0 Å².